The number of piperidine rings is 1. The highest BCUT2D eigenvalue weighted by Gasteiger charge is 2.55. The van der Waals surface area contributed by atoms with E-state index in [2.05, 4.69) is 45.8 Å². The van der Waals surface area contributed by atoms with Gasteiger partial charge in [-0.3, -0.25) is 9.69 Å². The summed E-state index contributed by atoms with van der Waals surface area (Å²) in [6.07, 6.45) is -1.54. The molecule has 3 aromatic rings. The number of ether oxygens (including phenoxy) is 1. The van der Waals surface area contributed by atoms with Crippen molar-refractivity contribution < 1.29 is 22.7 Å². The first kappa shape index (κ1) is 24.4. The van der Waals surface area contributed by atoms with E-state index in [9.17, 15) is 18.0 Å². The number of hydrogen-bond acceptors (Lipinski definition) is 4. The number of aromatic nitrogens is 2. The van der Waals surface area contributed by atoms with Crippen LogP contribution in [-0.2, 0) is 20.1 Å². The van der Waals surface area contributed by atoms with E-state index in [-0.39, 0.29) is 18.2 Å². The topological polar surface area (TPSA) is 50.6 Å². The average molecular weight is 499 g/mol. The molecule has 2 unspecified atom stereocenters. The van der Waals surface area contributed by atoms with Gasteiger partial charge in [0.05, 0.1) is 6.33 Å². The number of hydrogen-bond donors (Lipinski definition) is 0. The molecule has 1 saturated carbocycles. The zero-order valence-corrected chi connectivity index (χ0v) is 20.3. The monoisotopic (exact) mass is 498 g/mol. The molecule has 0 spiro atoms. The van der Waals surface area contributed by atoms with E-state index in [0.29, 0.717) is 35.6 Å². The van der Waals surface area contributed by atoms with Gasteiger partial charge in [0.25, 0.3) is 5.91 Å². The lowest BCUT2D eigenvalue weighted by molar-refractivity contribution is -0.274. The molecule has 0 bridgehead atoms. The van der Waals surface area contributed by atoms with Gasteiger partial charge in [-0.05, 0) is 47.9 Å². The summed E-state index contributed by atoms with van der Waals surface area (Å²) >= 11 is 0. The fourth-order valence-corrected chi connectivity index (χ4v) is 5.43. The summed E-state index contributed by atoms with van der Waals surface area (Å²) in [5.74, 6) is 0.906. The molecule has 1 aromatic heterocycles. The molecule has 2 aliphatic rings. The Kier molecular flexibility index (Phi) is 6.51. The van der Waals surface area contributed by atoms with Crippen molar-refractivity contribution in [3.8, 4) is 5.75 Å². The Morgan fingerprint density at radius 1 is 1.11 bits per heavy atom. The summed E-state index contributed by atoms with van der Waals surface area (Å²) in [7, 11) is 1.79. The highest BCUT2D eigenvalue weighted by atomic mass is 19.4. The molecule has 6 nitrogen and oxygen atoms in total. The molecule has 2 atom stereocenters. The maximum Gasteiger partial charge on any atom is 0.573 e. The number of likely N-dealkylation sites (tertiary alicyclic amines) is 1. The van der Waals surface area contributed by atoms with Crippen LogP contribution in [0.2, 0.25) is 0 Å². The Labute approximate surface area is 208 Å². The zero-order valence-electron chi connectivity index (χ0n) is 20.3. The number of carbonyl (C=O) groups excluding carboxylic acids is 1. The maximum atomic E-state index is 13.3. The minimum absolute atomic E-state index is 0.188. The van der Waals surface area contributed by atoms with Crippen LogP contribution < -0.4 is 4.74 Å². The molecule has 1 aliphatic heterocycles. The Hall–Kier alpha value is -3.33. The van der Waals surface area contributed by atoms with Crippen molar-refractivity contribution in [2.45, 2.75) is 26.4 Å². The fourth-order valence-electron chi connectivity index (χ4n) is 5.43. The highest BCUT2D eigenvalue weighted by molar-refractivity contribution is 5.92. The van der Waals surface area contributed by atoms with E-state index in [1.165, 1.54) is 29.3 Å². The number of benzene rings is 2. The van der Waals surface area contributed by atoms with Crippen LogP contribution in [0.25, 0.3) is 0 Å². The van der Waals surface area contributed by atoms with E-state index in [1.807, 2.05) is 0 Å². The van der Waals surface area contributed by atoms with Crippen LogP contribution in [0.4, 0.5) is 13.2 Å². The minimum Gasteiger partial charge on any atom is -0.406 e. The molecule has 0 N–H and O–H groups in total. The van der Waals surface area contributed by atoms with Gasteiger partial charge in [-0.25, -0.2) is 4.98 Å². The number of aryl methyl sites for hydroxylation is 2. The number of carbonyl (C=O) groups is 1. The third-order valence-electron chi connectivity index (χ3n) is 7.08. The number of alkyl halides is 3. The molecule has 9 heteroatoms. The largest absolute Gasteiger partial charge is 0.573 e. The van der Waals surface area contributed by atoms with Crippen molar-refractivity contribution >= 4 is 5.91 Å². The Balaban J connectivity index is 1.26. The highest BCUT2D eigenvalue weighted by Crippen LogP contribution is 2.52. The number of halogens is 3. The van der Waals surface area contributed by atoms with E-state index in [1.54, 1.807) is 35.1 Å². The van der Waals surface area contributed by atoms with Crippen LogP contribution in [0, 0.1) is 24.7 Å². The van der Waals surface area contributed by atoms with Crippen molar-refractivity contribution in [3.05, 3.63) is 83.4 Å². The van der Waals surface area contributed by atoms with Crippen LogP contribution in [0.5, 0.6) is 5.75 Å². The van der Waals surface area contributed by atoms with Gasteiger partial charge >= 0.3 is 6.36 Å². The Morgan fingerprint density at radius 3 is 2.50 bits per heavy atom. The van der Waals surface area contributed by atoms with Crippen LogP contribution in [0.15, 0.2) is 61.1 Å². The first-order valence-electron chi connectivity index (χ1n) is 12.0. The van der Waals surface area contributed by atoms with Crippen molar-refractivity contribution in [3.63, 3.8) is 0 Å². The van der Waals surface area contributed by atoms with Crippen LogP contribution in [-0.4, -0.2) is 51.3 Å². The van der Waals surface area contributed by atoms with Crippen molar-refractivity contribution in [1.82, 2.24) is 19.4 Å². The molecule has 0 radical (unpaired) electrons. The molecule has 2 aromatic carbocycles. The second-order valence-electron chi connectivity index (χ2n) is 9.98. The van der Waals surface area contributed by atoms with Crippen LogP contribution in [0.1, 0.15) is 27.2 Å². The van der Waals surface area contributed by atoms with Gasteiger partial charge in [0.1, 0.15) is 11.4 Å². The lowest BCUT2D eigenvalue weighted by Gasteiger charge is -2.25. The maximum absolute atomic E-state index is 13.3. The smallest absolute Gasteiger partial charge is 0.406 e. The van der Waals surface area contributed by atoms with E-state index < -0.39 is 6.36 Å². The minimum atomic E-state index is -4.77. The summed E-state index contributed by atoms with van der Waals surface area (Å²) < 4.78 is 43.8. The SMILES string of the molecule is Cc1cccc(CN2CC3C(C2)C3CN(Cc2cccc(OC(F)(F)F)c2)C(=O)c2cn(C)cn2)c1. The van der Waals surface area contributed by atoms with Gasteiger partial charge in [0, 0.05) is 46.0 Å². The summed E-state index contributed by atoms with van der Waals surface area (Å²) in [4.78, 5) is 21.7. The normalized spacial score (nSPS) is 21.3. The van der Waals surface area contributed by atoms with Gasteiger partial charge in [-0.2, -0.15) is 0 Å². The molecule has 2 heterocycles. The van der Waals surface area contributed by atoms with E-state index in [4.69, 9.17) is 0 Å². The van der Waals surface area contributed by atoms with Gasteiger partial charge in [0.15, 0.2) is 0 Å². The standard InChI is InChI=1S/C27H29F3N4O2/c1-18-5-3-6-19(9-18)11-33-13-22-23(14-33)24(22)15-34(26(35)25-16-32(2)17-31-25)12-20-7-4-8-21(10-20)36-27(28,29)30/h3-10,16-17,22-24H,11-15H2,1-2H3. The van der Waals surface area contributed by atoms with Gasteiger partial charge < -0.3 is 14.2 Å². The lowest BCUT2D eigenvalue weighted by atomic mass is 10.1. The van der Waals surface area contributed by atoms with Crippen molar-refractivity contribution in [2.24, 2.45) is 24.8 Å². The van der Waals surface area contributed by atoms with Crippen molar-refractivity contribution in [1.29, 1.82) is 0 Å². The first-order valence-corrected chi connectivity index (χ1v) is 12.0. The predicted octanol–water partition coefficient (Wildman–Crippen LogP) is 4.65. The average Bonchev–Trinajstić information content (AvgIpc) is 3.13. The zero-order chi connectivity index (χ0) is 25.4. The van der Waals surface area contributed by atoms with Gasteiger partial charge in [0.2, 0.25) is 0 Å². The summed E-state index contributed by atoms with van der Waals surface area (Å²) in [6, 6.07) is 14.4. The molecule has 5 rings (SSSR count). The molecule has 1 saturated heterocycles. The van der Waals surface area contributed by atoms with Gasteiger partial charge in [-0.1, -0.05) is 42.0 Å². The molecule has 36 heavy (non-hydrogen) atoms. The third kappa shape index (κ3) is 5.73. The summed E-state index contributed by atoms with van der Waals surface area (Å²) in [5, 5.41) is 0. The number of amides is 1. The van der Waals surface area contributed by atoms with Gasteiger partial charge in [-0.15, -0.1) is 13.2 Å². The first-order chi connectivity index (χ1) is 17.1. The second-order valence-corrected chi connectivity index (χ2v) is 9.98. The number of rotatable bonds is 8. The predicted molar refractivity (Wildman–Crippen MR) is 128 cm³/mol. The molecular weight excluding hydrogens is 469 g/mol. The quantitative estimate of drug-likeness (QED) is 0.454. The molecule has 190 valence electrons. The Bertz CT molecular complexity index is 1230. The molecule has 2 fully saturated rings. The Morgan fingerprint density at radius 2 is 1.83 bits per heavy atom. The number of fused-ring (bicyclic) bond motifs is 1. The van der Waals surface area contributed by atoms with E-state index in [0.717, 1.165) is 19.6 Å². The number of imidazole rings is 1. The molecular formula is C27H29F3N4O2. The fraction of sp³-hybridized carbons (Fsp3) is 0.407. The number of nitrogens with zero attached hydrogens (tertiary/aromatic N) is 4. The van der Waals surface area contributed by atoms with Crippen molar-refractivity contribution in [2.75, 3.05) is 19.6 Å². The summed E-state index contributed by atoms with van der Waals surface area (Å²) in [6.45, 7) is 5.73. The molecule has 1 amide bonds. The van der Waals surface area contributed by atoms with Crippen LogP contribution in [0.3, 0.4) is 0 Å². The van der Waals surface area contributed by atoms with E-state index >= 15 is 0 Å². The molecule has 1 aliphatic carbocycles. The second kappa shape index (κ2) is 9.61. The third-order valence-corrected chi connectivity index (χ3v) is 7.08. The summed E-state index contributed by atoms with van der Waals surface area (Å²) in [5.41, 5.74) is 3.46. The van der Waals surface area contributed by atoms with Crippen LogP contribution >= 0.6 is 0 Å². The lowest BCUT2D eigenvalue weighted by Crippen LogP contribution is -2.35.